The molecular weight excluding hydrogens is 344 g/mol. The zero-order valence-electron chi connectivity index (χ0n) is 16.2. The van der Waals surface area contributed by atoms with Gasteiger partial charge in [0.15, 0.2) is 5.96 Å². The summed E-state index contributed by atoms with van der Waals surface area (Å²) in [5.41, 5.74) is 1.13. The number of thiazole rings is 1. The number of hydrogen-bond acceptors (Lipinski definition) is 4. The number of rotatable bonds is 9. The van der Waals surface area contributed by atoms with E-state index < -0.39 is 0 Å². The van der Waals surface area contributed by atoms with Crippen LogP contribution in [0.2, 0.25) is 0 Å². The number of aromatic nitrogens is 1. The average molecular weight is 375 g/mol. The van der Waals surface area contributed by atoms with Gasteiger partial charge in [-0.1, -0.05) is 19.1 Å². The lowest BCUT2D eigenvalue weighted by Gasteiger charge is -2.12. The van der Waals surface area contributed by atoms with E-state index in [0.29, 0.717) is 6.54 Å². The van der Waals surface area contributed by atoms with Crippen LogP contribution in [0.25, 0.3) is 0 Å². The van der Waals surface area contributed by atoms with Crippen LogP contribution >= 0.6 is 11.3 Å². The van der Waals surface area contributed by atoms with Crippen LogP contribution in [0.1, 0.15) is 43.1 Å². The molecule has 2 aromatic rings. The van der Waals surface area contributed by atoms with Crippen molar-refractivity contribution in [2.45, 2.75) is 53.2 Å². The van der Waals surface area contributed by atoms with Crippen molar-refractivity contribution < 1.29 is 4.74 Å². The van der Waals surface area contributed by atoms with Crippen molar-refractivity contribution in [2.75, 3.05) is 13.1 Å². The predicted octanol–water partition coefficient (Wildman–Crippen LogP) is 3.79. The second-order valence-corrected chi connectivity index (χ2v) is 7.46. The Hall–Kier alpha value is -2.08. The molecule has 0 aliphatic carbocycles. The van der Waals surface area contributed by atoms with Crippen LogP contribution in [-0.4, -0.2) is 30.1 Å². The molecule has 2 N–H and O–H groups in total. The van der Waals surface area contributed by atoms with E-state index in [0.717, 1.165) is 43.2 Å². The molecule has 0 radical (unpaired) electrons. The van der Waals surface area contributed by atoms with Gasteiger partial charge in [0, 0.05) is 30.6 Å². The van der Waals surface area contributed by atoms with Gasteiger partial charge in [0.25, 0.3) is 0 Å². The summed E-state index contributed by atoms with van der Waals surface area (Å²) in [5, 5.41) is 7.85. The molecule has 0 atom stereocenters. The molecule has 6 heteroatoms. The number of guanidine groups is 1. The van der Waals surface area contributed by atoms with Gasteiger partial charge < -0.3 is 15.4 Å². The van der Waals surface area contributed by atoms with Crippen molar-refractivity contribution in [3.63, 3.8) is 0 Å². The Labute approximate surface area is 160 Å². The molecule has 26 heavy (non-hydrogen) atoms. The maximum Gasteiger partial charge on any atom is 0.191 e. The third-order valence-corrected chi connectivity index (χ3v) is 4.82. The standard InChI is InChI=1S/C20H30N4OS/c1-5-18-14-23-19(26-18)10-11-22-20(21-6-2)24-13-16-8-7-9-17(12-16)25-15(3)4/h7-9,12,14-15H,5-6,10-11,13H2,1-4H3,(H2,21,22,24). The summed E-state index contributed by atoms with van der Waals surface area (Å²) in [6.07, 6.45) is 4.11. The summed E-state index contributed by atoms with van der Waals surface area (Å²) in [6, 6.07) is 8.11. The molecule has 0 amide bonds. The van der Waals surface area contributed by atoms with Crippen LogP contribution in [0.3, 0.4) is 0 Å². The van der Waals surface area contributed by atoms with Crippen LogP contribution in [0.5, 0.6) is 5.75 Å². The topological polar surface area (TPSA) is 58.5 Å². The van der Waals surface area contributed by atoms with E-state index in [1.165, 1.54) is 9.88 Å². The first kappa shape index (κ1) is 20.2. The Kier molecular flexibility index (Phi) is 8.41. The minimum Gasteiger partial charge on any atom is -0.491 e. The maximum absolute atomic E-state index is 5.75. The normalized spacial score (nSPS) is 11.7. The number of nitrogens with one attached hydrogen (secondary N) is 2. The average Bonchev–Trinajstić information content (AvgIpc) is 3.07. The summed E-state index contributed by atoms with van der Waals surface area (Å²) < 4.78 is 5.75. The van der Waals surface area contributed by atoms with Crippen LogP contribution in [-0.2, 0) is 19.4 Å². The number of aryl methyl sites for hydroxylation is 1. The second kappa shape index (κ2) is 10.8. The van der Waals surface area contributed by atoms with Gasteiger partial charge in [-0.25, -0.2) is 9.98 Å². The Morgan fingerprint density at radius 1 is 1.27 bits per heavy atom. The Balaban J connectivity index is 1.89. The van der Waals surface area contributed by atoms with Gasteiger partial charge in [0.2, 0.25) is 0 Å². The van der Waals surface area contributed by atoms with Crippen molar-refractivity contribution >= 4 is 17.3 Å². The molecule has 0 aliphatic rings. The van der Waals surface area contributed by atoms with Crippen molar-refractivity contribution in [1.82, 2.24) is 15.6 Å². The van der Waals surface area contributed by atoms with Crippen molar-refractivity contribution in [3.8, 4) is 5.75 Å². The second-order valence-electron chi connectivity index (χ2n) is 6.26. The summed E-state index contributed by atoms with van der Waals surface area (Å²) >= 11 is 1.79. The fraction of sp³-hybridized carbons (Fsp3) is 0.500. The van der Waals surface area contributed by atoms with Gasteiger partial charge in [-0.2, -0.15) is 0 Å². The highest BCUT2D eigenvalue weighted by atomic mass is 32.1. The Morgan fingerprint density at radius 3 is 2.81 bits per heavy atom. The zero-order chi connectivity index (χ0) is 18.8. The lowest BCUT2D eigenvalue weighted by atomic mass is 10.2. The lowest BCUT2D eigenvalue weighted by Crippen LogP contribution is -2.38. The fourth-order valence-corrected chi connectivity index (χ4v) is 3.28. The summed E-state index contributed by atoms with van der Waals surface area (Å²) in [6.45, 7) is 10.6. The van der Waals surface area contributed by atoms with Crippen molar-refractivity contribution in [3.05, 3.63) is 45.9 Å². The SMILES string of the molecule is CCNC(=NCc1cccc(OC(C)C)c1)NCCc1ncc(CC)s1. The first-order chi connectivity index (χ1) is 12.6. The molecule has 0 fully saturated rings. The van der Waals surface area contributed by atoms with Gasteiger partial charge in [-0.15, -0.1) is 11.3 Å². The van der Waals surface area contributed by atoms with Gasteiger partial charge >= 0.3 is 0 Å². The summed E-state index contributed by atoms with van der Waals surface area (Å²) in [5.74, 6) is 1.72. The first-order valence-electron chi connectivity index (χ1n) is 9.32. The minimum atomic E-state index is 0.173. The summed E-state index contributed by atoms with van der Waals surface area (Å²) in [4.78, 5) is 10.5. The highest BCUT2D eigenvalue weighted by Crippen LogP contribution is 2.16. The summed E-state index contributed by atoms with van der Waals surface area (Å²) in [7, 11) is 0. The smallest absolute Gasteiger partial charge is 0.191 e. The largest absolute Gasteiger partial charge is 0.491 e. The molecule has 5 nitrogen and oxygen atoms in total. The molecule has 0 saturated heterocycles. The van der Waals surface area contributed by atoms with Crippen molar-refractivity contribution in [2.24, 2.45) is 4.99 Å². The molecular formula is C20H30N4OS. The molecule has 0 aliphatic heterocycles. The van der Waals surface area contributed by atoms with Gasteiger partial charge in [0.1, 0.15) is 5.75 Å². The first-order valence-corrected chi connectivity index (χ1v) is 10.1. The van der Waals surface area contributed by atoms with Crippen LogP contribution in [0.15, 0.2) is 35.5 Å². The van der Waals surface area contributed by atoms with E-state index in [-0.39, 0.29) is 6.10 Å². The third-order valence-electron chi connectivity index (χ3n) is 3.62. The number of hydrogen-bond donors (Lipinski definition) is 2. The van der Waals surface area contributed by atoms with E-state index in [1.807, 2.05) is 32.2 Å². The third kappa shape index (κ3) is 7.04. The molecule has 1 heterocycles. The molecule has 142 valence electrons. The van der Waals surface area contributed by atoms with Gasteiger partial charge in [-0.05, 0) is 44.9 Å². The van der Waals surface area contributed by atoms with E-state index in [4.69, 9.17) is 4.74 Å². The number of benzene rings is 1. The number of nitrogens with zero attached hydrogens (tertiary/aromatic N) is 2. The quantitative estimate of drug-likeness (QED) is 0.518. The Bertz CT molecular complexity index is 697. The maximum atomic E-state index is 5.75. The number of ether oxygens (including phenoxy) is 1. The molecule has 0 saturated carbocycles. The van der Waals surface area contributed by atoms with Crippen LogP contribution < -0.4 is 15.4 Å². The van der Waals surface area contributed by atoms with E-state index >= 15 is 0 Å². The predicted molar refractivity (Wildman–Crippen MR) is 110 cm³/mol. The molecule has 1 aromatic heterocycles. The molecule has 0 unspecified atom stereocenters. The highest BCUT2D eigenvalue weighted by Gasteiger charge is 2.03. The fourth-order valence-electron chi connectivity index (χ4n) is 2.42. The Morgan fingerprint density at radius 2 is 2.12 bits per heavy atom. The molecule has 2 rings (SSSR count). The number of aliphatic imine (C=N–C) groups is 1. The lowest BCUT2D eigenvalue weighted by molar-refractivity contribution is 0.242. The van der Waals surface area contributed by atoms with Crippen molar-refractivity contribution in [1.29, 1.82) is 0 Å². The van der Waals surface area contributed by atoms with Gasteiger partial charge in [-0.3, -0.25) is 0 Å². The van der Waals surface area contributed by atoms with Gasteiger partial charge in [0.05, 0.1) is 17.7 Å². The van der Waals surface area contributed by atoms with E-state index in [2.05, 4.69) is 46.6 Å². The molecule has 1 aromatic carbocycles. The van der Waals surface area contributed by atoms with Crippen LogP contribution in [0, 0.1) is 0 Å². The highest BCUT2D eigenvalue weighted by molar-refractivity contribution is 7.11. The minimum absolute atomic E-state index is 0.173. The molecule has 0 spiro atoms. The van der Waals surface area contributed by atoms with E-state index in [9.17, 15) is 0 Å². The zero-order valence-corrected chi connectivity index (χ0v) is 17.0. The van der Waals surface area contributed by atoms with E-state index in [1.54, 1.807) is 11.3 Å². The van der Waals surface area contributed by atoms with Crippen LogP contribution in [0.4, 0.5) is 0 Å². The monoisotopic (exact) mass is 374 g/mol. The molecule has 0 bridgehead atoms.